The van der Waals surface area contributed by atoms with Crippen LogP contribution in [0.25, 0.3) is 0 Å². The Bertz CT molecular complexity index is 929. The topological polar surface area (TPSA) is 93.7 Å². The van der Waals surface area contributed by atoms with E-state index in [1.54, 1.807) is 47.6 Å². The summed E-state index contributed by atoms with van der Waals surface area (Å²) >= 11 is 12.3. The number of hydrogen-bond acceptors (Lipinski definition) is 4. The van der Waals surface area contributed by atoms with Crippen LogP contribution in [0, 0.1) is 15.9 Å². The molecule has 0 radical (unpaired) electrons. The quantitative estimate of drug-likeness (QED) is 0.390. The van der Waals surface area contributed by atoms with Gasteiger partial charge in [-0.2, -0.15) is 0 Å². The molecule has 2 unspecified atom stereocenters. The molecule has 2 aromatic carbocycles. The van der Waals surface area contributed by atoms with Gasteiger partial charge in [-0.05, 0) is 29.8 Å². The normalized spacial score (nSPS) is 20.5. The standard InChI is InChI=1S/C17H11Cl2FN2O.HNO3/c18-12-6-4-11(5-7-12)17(15-13(19)2-1-3-14(15)20)16(23-17)22-9-8-21-10-22;2-1(3)4/h1-10,16H;(H,2,3,4). The predicted molar refractivity (Wildman–Crippen MR) is 94.8 cm³/mol. The molecule has 2 atom stereocenters. The summed E-state index contributed by atoms with van der Waals surface area (Å²) < 4.78 is 22.3. The summed E-state index contributed by atoms with van der Waals surface area (Å²) in [6, 6.07) is 11.8. The Morgan fingerprint density at radius 2 is 1.93 bits per heavy atom. The molecule has 0 bridgehead atoms. The summed E-state index contributed by atoms with van der Waals surface area (Å²) in [7, 11) is 0. The number of nitrogens with zero attached hydrogens (tertiary/aromatic N) is 3. The first-order valence-corrected chi connectivity index (χ1v) is 8.31. The van der Waals surface area contributed by atoms with E-state index < -0.39 is 22.7 Å². The van der Waals surface area contributed by atoms with E-state index in [0.29, 0.717) is 15.6 Å². The SMILES string of the molecule is Fc1cccc(Cl)c1C1(c2ccc(Cl)cc2)OC1n1ccnc1.O=[N+]([O-])O. The van der Waals surface area contributed by atoms with E-state index in [0.717, 1.165) is 5.56 Å². The highest BCUT2D eigenvalue weighted by Gasteiger charge is 2.62. The van der Waals surface area contributed by atoms with Crippen LogP contribution in [0.3, 0.4) is 0 Å². The number of hydrogen-bond donors (Lipinski definition) is 1. The van der Waals surface area contributed by atoms with Gasteiger partial charge < -0.3 is 14.5 Å². The Morgan fingerprint density at radius 3 is 2.48 bits per heavy atom. The van der Waals surface area contributed by atoms with E-state index in [9.17, 15) is 4.39 Å². The minimum Gasteiger partial charge on any atom is -0.333 e. The predicted octanol–water partition coefficient (Wildman–Crippen LogP) is 4.45. The number of aromatic nitrogens is 2. The van der Waals surface area contributed by atoms with E-state index in [2.05, 4.69) is 4.98 Å². The summed E-state index contributed by atoms with van der Waals surface area (Å²) in [6.07, 6.45) is 4.64. The molecule has 10 heteroatoms. The molecule has 0 amide bonds. The Balaban J connectivity index is 0.000000481. The third-order valence-electron chi connectivity index (χ3n) is 3.99. The van der Waals surface area contributed by atoms with Gasteiger partial charge in [-0.3, -0.25) is 0 Å². The van der Waals surface area contributed by atoms with Crippen molar-refractivity contribution < 1.29 is 19.4 Å². The van der Waals surface area contributed by atoms with Gasteiger partial charge in [0.25, 0.3) is 5.09 Å². The molecule has 2 heterocycles. The van der Waals surface area contributed by atoms with E-state index in [1.807, 2.05) is 12.1 Å². The molecule has 0 spiro atoms. The molecule has 0 aliphatic carbocycles. The first kappa shape index (κ1) is 19.1. The molecule has 3 aromatic rings. The van der Waals surface area contributed by atoms with E-state index >= 15 is 0 Å². The van der Waals surface area contributed by atoms with E-state index in [4.69, 9.17) is 43.3 Å². The van der Waals surface area contributed by atoms with Crippen molar-refractivity contribution >= 4 is 23.2 Å². The highest BCUT2D eigenvalue weighted by atomic mass is 35.5. The van der Waals surface area contributed by atoms with Gasteiger partial charge in [-0.1, -0.05) is 41.4 Å². The number of benzene rings is 2. The fourth-order valence-electron chi connectivity index (χ4n) is 2.91. The maximum Gasteiger partial charge on any atom is 0.291 e. The van der Waals surface area contributed by atoms with Crippen LogP contribution in [-0.4, -0.2) is 19.8 Å². The lowest BCUT2D eigenvalue weighted by molar-refractivity contribution is -0.742. The zero-order valence-corrected chi connectivity index (χ0v) is 15.0. The van der Waals surface area contributed by atoms with Crippen LogP contribution in [-0.2, 0) is 10.3 Å². The van der Waals surface area contributed by atoms with Crippen molar-refractivity contribution in [2.45, 2.75) is 11.8 Å². The molecule has 1 saturated heterocycles. The second-order valence-corrected chi connectivity index (χ2v) is 6.40. The van der Waals surface area contributed by atoms with Crippen molar-refractivity contribution in [1.82, 2.24) is 9.55 Å². The molecule has 1 aromatic heterocycles. The van der Waals surface area contributed by atoms with Crippen LogP contribution >= 0.6 is 23.2 Å². The third kappa shape index (κ3) is 3.73. The van der Waals surface area contributed by atoms with Gasteiger partial charge in [0.1, 0.15) is 5.82 Å². The highest BCUT2D eigenvalue weighted by molar-refractivity contribution is 6.31. The molecule has 1 aliphatic heterocycles. The summed E-state index contributed by atoms with van der Waals surface area (Å²) in [5.74, 6) is -0.407. The average molecular weight is 412 g/mol. The molecule has 0 saturated carbocycles. The fraction of sp³-hybridized carbons (Fsp3) is 0.118. The Labute approximate surface area is 162 Å². The number of ether oxygens (including phenoxy) is 1. The van der Waals surface area contributed by atoms with Crippen LogP contribution in [0.15, 0.2) is 61.2 Å². The van der Waals surface area contributed by atoms with Crippen LogP contribution in [0.1, 0.15) is 17.4 Å². The van der Waals surface area contributed by atoms with E-state index in [-0.39, 0.29) is 0 Å². The largest absolute Gasteiger partial charge is 0.333 e. The first-order chi connectivity index (χ1) is 12.9. The van der Waals surface area contributed by atoms with Gasteiger partial charge in [0, 0.05) is 23.0 Å². The van der Waals surface area contributed by atoms with Crippen molar-refractivity contribution in [2.24, 2.45) is 0 Å². The fourth-order valence-corrected chi connectivity index (χ4v) is 3.34. The van der Waals surface area contributed by atoms with Gasteiger partial charge in [-0.15, -0.1) is 10.1 Å². The molecular weight excluding hydrogens is 400 g/mol. The van der Waals surface area contributed by atoms with E-state index in [1.165, 1.54) is 6.07 Å². The maximum absolute atomic E-state index is 14.6. The number of epoxide rings is 1. The molecule has 140 valence electrons. The molecule has 4 rings (SSSR count). The monoisotopic (exact) mass is 411 g/mol. The summed E-state index contributed by atoms with van der Waals surface area (Å²) in [6.45, 7) is 0. The van der Waals surface area contributed by atoms with Gasteiger partial charge in [-0.25, -0.2) is 9.37 Å². The van der Waals surface area contributed by atoms with Crippen molar-refractivity contribution in [3.8, 4) is 0 Å². The second-order valence-electron chi connectivity index (χ2n) is 5.56. The lowest BCUT2D eigenvalue weighted by atomic mass is 9.89. The zero-order chi connectivity index (χ0) is 19.6. The van der Waals surface area contributed by atoms with Crippen LogP contribution in [0.5, 0.6) is 0 Å². The summed E-state index contributed by atoms with van der Waals surface area (Å²) in [4.78, 5) is 12.4. The Hall–Kier alpha value is -2.68. The highest BCUT2D eigenvalue weighted by Crippen LogP contribution is 2.60. The minimum atomic E-state index is -1.50. The van der Waals surface area contributed by atoms with Crippen LogP contribution in [0.4, 0.5) is 4.39 Å². The molecule has 1 fully saturated rings. The Kier molecular flexibility index (Phi) is 5.31. The second kappa shape index (κ2) is 7.51. The number of halogens is 3. The zero-order valence-electron chi connectivity index (χ0n) is 13.5. The number of imidazole rings is 1. The Morgan fingerprint density at radius 1 is 1.26 bits per heavy atom. The van der Waals surface area contributed by atoms with Gasteiger partial charge in [0.15, 0.2) is 11.8 Å². The average Bonchev–Trinajstić information content (AvgIpc) is 3.09. The maximum atomic E-state index is 14.6. The smallest absolute Gasteiger partial charge is 0.291 e. The van der Waals surface area contributed by atoms with Crippen LogP contribution < -0.4 is 0 Å². The lowest BCUT2D eigenvalue weighted by Gasteiger charge is -2.17. The minimum absolute atomic E-state index is 0.322. The third-order valence-corrected chi connectivity index (χ3v) is 4.56. The summed E-state index contributed by atoms with van der Waals surface area (Å²) in [5.41, 5.74) is 0.114. The molecule has 1 N–H and O–H groups in total. The number of rotatable bonds is 3. The van der Waals surface area contributed by atoms with Crippen molar-refractivity contribution in [3.63, 3.8) is 0 Å². The first-order valence-electron chi connectivity index (χ1n) is 7.55. The molecule has 1 aliphatic rings. The van der Waals surface area contributed by atoms with Gasteiger partial charge in [0.2, 0.25) is 0 Å². The van der Waals surface area contributed by atoms with Crippen LogP contribution in [0.2, 0.25) is 10.0 Å². The van der Waals surface area contributed by atoms with Gasteiger partial charge in [0.05, 0.1) is 11.3 Å². The summed E-state index contributed by atoms with van der Waals surface area (Å²) in [5, 5.41) is 14.6. The van der Waals surface area contributed by atoms with Crippen molar-refractivity contribution in [1.29, 1.82) is 0 Å². The van der Waals surface area contributed by atoms with Crippen molar-refractivity contribution in [3.05, 3.63) is 98.3 Å². The molecule has 27 heavy (non-hydrogen) atoms. The van der Waals surface area contributed by atoms with Gasteiger partial charge >= 0.3 is 0 Å². The molecular formula is C17H12Cl2FN3O4. The molecule has 7 nitrogen and oxygen atoms in total. The van der Waals surface area contributed by atoms with Crippen molar-refractivity contribution in [2.75, 3.05) is 0 Å². The lowest BCUT2D eigenvalue weighted by Crippen LogP contribution is -2.17.